The highest BCUT2D eigenvalue weighted by Gasteiger charge is 2.55. The number of hydrogen-bond donors (Lipinski definition) is 4. The number of Topliss-reactive ketones (excluding diaryl/α,β-unsaturated/α-hetero) is 1. The van der Waals surface area contributed by atoms with Crippen molar-refractivity contribution in [2.24, 2.45) is 0 Å². The number of carbonyl (C=O) groups excluding carboxylic acids is 1. The maximum Gasteiger partial charge on any atom is 0.347 e. The van der Waals surface area contributed by atoms with Crippen LogP contribution in [0, 0.1) is 0 Å². The second kappa shape index (κ2) is 5.68. The van der Waals surface area contributed by atoms with E-state index >= 15 is 0 Å². The largest absolute Gasteiger partial charge is 0.496 e. The average Bonchev–Trinajstić information content (AvgIpc) is 2.44. The molecule has 0 amide bonds. The van der Waals surface area contributed by atoms with Gasteiger partial charge >= 0.3 is 11.9 Å². The van der Waals surface area contributed by atoms with Crippen LogP contribution in [0.2, 0.25) is 0 Å². The number of aliphatic carboxylic acids is 2. The summed E-state index contributed by atoms with van der Waals surface area (Å²) in [6.07, 6.45) is -2.82. The number of ketones is 1. The van der Waals surface area contributed by atoms with Crippen molar-refractivity contribution in [2.45, 2.75) is 11.7 Å². The molecule has 0 unspecified atom stereocenters. The molecule has 0 aliphatic heterocycles. The van der Waals surface area contributed by atoms with Gasteiger partial charge < -0.3 is 25.2 Å². The first kappa shape index (κ1) is 15.6. The molecule has 1 aromatic carbocycles. The monoisotopic (exact) mass is 284 g/mol. The van der Waals surface area contributed by atoms with Gasteiger partial charge in [0.1, 0.15) is 5.75 Å². The molecule has 1 aromatic rings. The highest BCUT2D eigenvalue weighted by Crippen LogP contribution is 2.25. The van der Waals surface area contributed by atoms with E-state index in [0.717, 1.165) is 6.07 Å². The smallest absolute Gasteiger partial charge is 0.347 e. The number of aliphatic hydroxyl groups is 2. The number of aliphatic hydroxyl groups excluding tert-OH is 1. The summed E-state index contributed by atoms with van der Waals surface area (Å²) in [6.45, 7) is 0. The second-order valence-electron chi connectivity index (χ2n) is 3.84. The molecule has 0 spiro atoms. The van der Waals surface area contributed by atoms with Crippen molar-refractivity contribution in [3.8, 4) is 5.75 Å². The van der Waals surface area contributed by atoms with Crippen LogP contribution in [0.1, 0.15) is 10.4 Å². The number of benzene rings is 1. The molecule has 0 saturated carbocycles. The third-order valence-electron chi connectivity index (χ3n) is 2.65. The van der Waals surface area contributed by atoms with Gasteiger partial charge in [0.15, 0.2) is 6.10 Å². The van der Waals surface area contributed by atoms with Crippen LogP contribution in [0.25, 0.3) is 0 Å². The Balaban J connectivity index is 3.39. The average molecular weight is 284 g/mol. The zero-order chi connectivity index (χ0) is 15.5. The lowest BCUT2D eigenvalue weighted by molar-refractivity contribution is -0.175. The van der Waals surface area contributed by atoms with Gasteiger partial charge in [-0.05, 0) is 12.1 Å². The van der Waals surface area contributed by atoms with E-state index in [2.05, 4.69) is 0 Å². The maximum absolute atomic E-state index is 12.1. The van der Waals surface area contributed by atoms with Crippen molar-refractivity contribution >= 4 is 17.7 Å². The predicted octanol–water partition coefficient (Wildman–Crippen LogP) is -0.861. The molecular formula is C12H12O8. The van der Waals surface area contributed by atoms with Gasteiger partial charge in [0.2, 0.25) is 5.78 Å². The lowest BCUT2D eigenvalue weighted by Gasteiger charge is -2.25. The number of rotatable bonds is 6. The van der Waals surface area contributed by atoms with E-state index in [9.17, 15) is 24.6 Å². The molecule has 0 bridgehead atoms. The fraction of sp³-hybridized carbons (Fsp3) is 0.250. The van der Waals surface area contributed by atoms with Crippen LogP contribution in [0.15, 0.2) is 24.3 Å². The first-order chi connectivity index (χ1) is 9.26. The Bertz CT molecular complexity index is 552. The SMILES string of the molecule is COc1ccccc1C(=O)[C@@](O)(C(=O)O)[C@H](O)C(=O)O. The molecule has 0 radical (unpaired) electrons. The van der Waals surface area contributed by atoms with E-state index in [1.165, 1.54) is 25.3 Å². The number of carboxylic acid groups (broad SMARTS) is 2. The van der Waals surface area contributed by atoms with Gasteiger partial charge in [-0.25, -0.2) is 9.59 Å². The van der Waals surface area contributed by atoms with E-state index in [1.807, 2.05) is 0 Å². The van der Waals surface area contributed by atoms with Crippen molar-refractivity contribution in [3.05, 3.63) is 29.8 Å². The van der Waals surface area contributed by atoms with E-state index in [-0.39, 0.29) is 11.3 Å². The Labute approximate surface area is 112 Å². The van der Waals surface area contributed by atoms with Crippen LogP contribution >= 0.6 is 0 Å². The minimum absolute atomic E-state index is 0.0604. The Hall–Kier alpha value is -2.45. The fourth-order valence-electron chi connectivity index (χ4n) is 1.55. The highest BCUT2D eigenvalue weighted by atomic mass is 16.5. The summed E-state index contributed by atoms with van der Waals surface area (Å²) in [5, 5.41) is 36.7. The number of ether oxygens (including phenoxy) is 1. The number of para-hydroxylation sites is 1. The topological polar surface area (TPSA) is 141 Å². The lowest BCUT2D eigenvalue weighted by Crippen LogP contribution is -2.58. The van der Waals surface area contributed by atoms with Gasteiger partial charge in [0.25, 0.3) is 5.60 Å². The van der Waals surface area contributed by atoms with Crippen molar-refractivity contribution in [3.63, 3.8) is 0 Å². The molecule has 8 heteroatoms. The lowest BCUT2D eigenvalue weighted by atomic mass is 9.87. The van der Waals surface area contributed by atoms with Gasteiger partial charge in [-0.15, -0.1) is 0 Å². The number of carboxylic acids is 2. The molecule has 2 atom stereocenters. The summed E-state index contributed by atoms with van der Waals surface area (Å²) in [7, 11) is 1.21. The molecule has 0 aromatic heterocycles. The normalized spacial score (nSPS) is 14.9. The zero-order valence-corrected chi connectivity index (χ0v) is 10.3. The summed E-state index contributed by atoms with van der Waals surface area (Å²) in [4.78, 5) is 33.8. The van der Waals surface area contributed by atoms with Crippen LogP contribution in [0.4, 0.5) is 0 Å². The zero-order valence-electron chi connectivity index (χ0n) is 10.3. The molecule has 0 saturated heterocycles. The summed E-state index contributed by atoms with van der Waals surface area (Å²) in [5.41, 5.74) is -3.87. The van der Waals surface area contributed by atoms with Gasteiger partial charge in [0.05, 0.1) is 12.7 Å². The molecule has 0 fully saturated rings. The van der Waals surface area contributed by atoms with Crippen LogP contribution in [0.3, 0.4) is 0 Å². The molecule has 0 aliphatic rings. The van der Waals surface area contributed by atoms with Crippen molar-refractivity contribution in [2.75, 3.05) is 7.11 Å². The Kier molecular flexibility index (Phi) is 4.43. The van der Waals surface area contributed by atoms with E-state index < -0.39 is 29.4 Å². The Morgan fingerprint density at radius 1 is 1.20 bits per heavy atom. The van der Waals surface area contributed by atoms with Crippen LogP contribution in [-0.2, 0) is 9.59 Å². The molecule has 0 heterocycles. The summed E-state index contributed by atoms with van der Waals surface area (Å²) < 4.78 is 4.83. The Morgan fingerprint density at radius 3 is 2.20 bits per heavy atom. The minimum Gasteiger partial charge on any atom is -0.496 e. The molecule has 0 aliphatic carbocycles. The molecule has 8 nitrogen and oxygen atoms in total. The quantitative estimate of drug-likeness (QED) is 0.390. The number of methoxy groups -OCH3 is 1. The van der Waals surface area contributed by atoms with Crippen molar-refractivity contribution < 1.29 is 39.5 Å². The first-order valence-corrected chi connectivity index (χ1v) is 5.31. The van der Waals surface area contributed by atoms with Crippen molar-refractivity contribution in [1.82, 2.24) is 0 Å². The van der Waals surface area contributed by atoms with Crippen LogP contribution < -0.4 is 4.74 Å². The first-order valence-electron chi connectivity index (χ1n) is 5.31. The molecule has 20 heavy (non-hydrogen) atoms. The Morgan fingerprint density at radius 2 is 1.75 bits per heavy atom. The second-order valence-corrected chi connectivity index (χ2v) is 3.84. The summed E-state index contributed by atoms with van der Waals surface area (Å²) in [5.74, 6) is -5.77. The van der Waals surface area contributed by atoms with Gasteiger partial charge in [-0.2, -0.15) is 0 Å². The molecule has 108 valence electrons. The van der Waals surface area contributed by atoms with Crippen LogP contribution in [-0.4, -0.2) is 57.0 Å². The highest BCUT2D eigenvalue weighted by molar-refractivity contribution is 6.18. The van der Waals surface area contributed by atoms with Crippen LogP contribution in [0.5, 0.6) is 5.75 Å². The molecule has 1 rings (SSSR count). The van der Waals surface area contributed by atoms with E-state index in [1.54, 1.807) is 0 Å². The standard InChI is InChI=1S/C12H12O8/c1-20-7-5-3-2-4-6(7)8(13)12(19,11(17)18)9(14)10(15)16/h2-5,9,14,19H,1H3,(H,15,16)(H,17,18)/t9-,12+/m1/s1. The summed E-state index contributed by atoms with van der Waals surface area (Å²) >= 11 is 0. The maximum atomic E-state index is 12.1. The van der Waals surface area contributed by atoms with Gasteiger partial charge in [-0.1, -0.05) is 12.1 Å². The van der Waals surface area contributed by atoms with Gasteiger partial charge in [-0.3, -0.25) is 4.79 Å². The van der Waals surface area contributed by atoms with Crippen molar-refractivity contribution in [1.29, 1.82) is 0 Å². The predicted molar refractivity (Wildman–Crippen MR) is 63.6 cm³/mol. The fourth-order valence-corrected chi connectivity index (χ4v) is 1.55. The third kappa shape index (κ3) is 2.46. The minimum atomic E-state index is -3.51. The third-order valence-corrected chi connectivity index (χ3v) is 2.65. The van der Waals surface area contributed by atoms with E-state index in [4.69, 9.17) is 14.9 Å². The summed E-state index contributed by atoms with van der Waals surface area (Å²) in [6, 6.07) is 5.32. The van der Waals surface area contributed by atoms with Gasteiger partial charge in [0, 0.05) is 0 Å². The number of hydrogen-bond acceptors (Lipinski definition) is 6. The molecule has 4 N–H and O–H groups in total. The number of carbonyl (C=O) groups is 3. The molecular weight excluding hydrogens is 272 g/mol. The van der Waals surface area contributed by atoms with E-state index in [0.29, 0.717) is 0 Å².